The molecule has 0 bridgehead atoms. The van der Waals surface area contributed by atoms with Crippen LogP contribution >= 0.6 is 9.24 Å². The van der Waals surface area contributed by atoms with Gasteiger partial charge in [0, 0.05) is 6.54 Å². The summed E-state index contributed by atoms with van der Waals surface area (Å²) in [5.74, 6) is 0. The lowest BCUT2D eigenvalue weighted by molar-refractivity contribution is 0.408. The predicted molar refractivity (Wildman–Crippen MR) is 51.6 cm³/mol. The minimum Gasteiger partial charge on any atom is -0.305 e. The van der Waals surface area contributed by atoms with Gasteiger partial charge in [-0.05, 0) is 25.2 Å². The van der Waals surface area contributed by atoms with Gasteiger partial charge in [-0.2, -0.15) is 0 Å². The second-order valence-corrected chi connectivity index (χ2v) is 4.54. The molecule has 2 atom stereocenters. The van der Waals surface area contributed by atoms with E-state index in [9.17, 15) is 0 Å². The van der Waals surface area contributed by atoms with E-state index in [1.165, 1.54) is 19.5 Å². The van der Waals surface area contributed by atoms with Crippen molar-refractivity contribution in [3.63, 3.8) is 0 Å². The Morgan fingerprint density at radius 2 is 1.90 bits per heavy atom. The SMILES string of the molecule is CC.CN1CCC(C)(P)C1. The fraction of sp³-hybridized carbons (Fsp3) is 1.00. The van der Waals surface area contributed by atoms with Crippen LogP contribution < -0.4 is 0 Å². The van der Waals surface area contributed by atoms with Crippen LogP contribution in [-0.4, -0.2) is 30.2 Å². The molecule has 0 spiro atoms. The first kappa shape index (κ1) is 10.4. The van der Waals surface area contributed by atoms with E-state index in [0.717, 1.165) is 0 Å². The maximum absolute atomic E-state index is 2.91. The van der Waals surface area contributed by atoms with Crippen LogP contribution in [0.15, 0.2) is 0 Å². The van der Waals surface area contributed by atoms with E-state index in [1.807, 2.05) is 13.8 Å². The molecule has 0 radical (unpaired) electrons. The average Bonchev–Trinajstić information content (AvgIpc) is 2.15. The Morgan fingerprint density at radius 1 is 1.40 bits per heavy atom. The number of hydrogen-bond acceptors (Lipinski definition) is 1. The third kappa shape index (κ3) is 3.53. The standard InChI is InChI=1S/C6H14NP.C2H6/c1-6(8)3-4-7(2)5-6;1-2/h3-5,8H2,1-2H3;1-2H3. The maximum atomic E-state index is 2.91. The van der Waals surface area contributed by atoms with Crippen molar-refractivity contribution in [2.45, 2.75) is 32.3 Å². The van der Waals surface area contributed by atoms with Gasteiger partial charge in [0.05, 0.1) is 0 Å². The second-order valence-electron chi connectivity index (χ2n) is 3.14. The Balaban J connectivity index is 0.000000371. The van der Waals surface area contributed by atoms with Gasteiger partial charge < -0.3 is 4.90 Å². The molecule has 0 aromatic carbocycles. The molecule has 1 fully saturated rings. The van der Waals surface area contributed by atoms with Crippen LogP contribution in [-0.2, 0) is 0 Å². The van der Waals surface area contributed by atoms with Crippen LogP contribution in [0.5, 0.6) is 0 Å². The lowest BCUT2D eigenvalue weighted by Gasteiger charge is -2.15. The summed E-state index contributed by atoms with van der Waals surface area (Å²) in [6.45, 7) is 8.79. The van der Waals surface area contributed by atoms with E-state index in [2.05, 4.69) is 28.1 Å². The number of hydrogen-bond donors (Lipinski definition) is 0. The molecule has 1 heterocycles. The average molecular weight is 161 g/mol. The van der Waals surface area contributed by atoms with Crippen molar-refractivity contribution < 1.29 is 0 Å². The molecule has 0 aromatic rings. The molecule has 1 nitrogen and oxygen atoms in total. The first-order valence-corrected chi connectivity index (χ1v) is 4.65. The van der Waals surface area contributed by atoms with Gasteiger partial charge in [0.25, 0.3) is 0 Å². The fourth-order valence-electron chi connectivity index (χ4n) is 1.22. The van der Waals surface area contributed by atoms with E-state index in [4.69, 9.17) is 0 Å². The first-order valence-electron chi connectivity index (χ1n) is 4.08. The summed E-state index contributed by atoms with van der Waals surface area (Å²) >= 11 is 0. The quantitative estimate of drug-likeness (QED) is 0.491. The lowest BCUT2D eigenvalue weighted by atomic mass is 10.1. The molecule has 1 aliphatic rings. The Bertz CT molecular complexity index is 91.3. The molecule has 0 saturated carbocycles. The molecule has 0 amide bonds. The molecule has 1 rings (SSSR count). The molecule has 10 heavy (non-hydrogen) atoms. The van der Waals surface area contributed by atoms with E-state index in [1.54, 1.807) is 0 Å². The van der Waals surface area contributed by atoms with Gasteiger partial charge in [0.2, 0.25) is 0 Å². The second kappa shape index (κ2) is 4.31. The summed E-state index contributed by atoms with van der Waals surface area (Å²) in [5, 5.41) is 0.509. The minimum absolute atomic E-state index is 0.509. The van der Waals surface area contributed by atoms with E-state index in [-0.39, 0.29) is 0 Å². The molecule has 0 N–H and O–H groups in total. The van der Waals surface area contributed by atoms with Crippen LogP contribution in [0.4, 0.5) is 0 Å². The van der Waals surface area contributed by atoms with Crippen LogP contribution in [0.1, 0.15) is 27.2 Å². The summed E-state index contributed by atoms with van der Waals surface area (Å²) in [6.07, 6.45) is 1.33. The highest BCUT2D eigenvalue weighted by atomic mass is 31.0. The zero-order valence-corrected chi connectivity index (χ0v) is 8.80. The molecule has 0 aliphatic carbocycles. The highest BCUT2D eigenvalue weighted by Crippen LogP contribution is 2.28. The molecular formula is C8H20NP. The van der Waals surface area contributed by atoms with Gasteiger partial charge >= 0.3 is 0 Å². The van der Waals surface area contributed by atoms with Crippen molar-refractivity contribution in [3.8, 4) is 0 Å². The summed E-state index contributed by atoms with van der Waals surface area (Å²) in [7, 11) is 5.09. The monoisotopic (exact) mass is 161 g/mol. The lowest BCUT2D eigenvalue weighted by Crippen LogP contribution is -2.20. The Morgan fingerprint density at radius 3 is 2.00 bits per heavy atom. The van der Waals surface area contributed by atoms with Crippen molar-refractivity contribution in [2.75, 3.05) is 20.1 Å². The van der Waals surface area contributed by atoms with Crippen LogP contribution in [0.25, 0.3) is 0 Å². The number of nitrogens with zero attached hydrogens (tertiary/aromatic N) is 1. The Labute approximate surface area is 67.4 Å². The summed E-state index contributed by atoms with van der Waals surface area (Å²) in [5.41, 5.74) is 0. The number of rotatable bonds is 0. The topological polar surface area (TPSA) is 3.24 Å². The zero-order chi connectivity index (χ0) is 8.20. The van der Waals surface area contributed by atoms with Crippen molar-refractivity contribution in [1.29, 1.82) is 0 Å². The molecule has 1 saturated heterocycles. The molecule has 2 heteroatoms. The summed E-state index contributed by atoms with van der Waals surface area (Å²) in [4.78, 5) is 2.37. The zero-order valence-electron chi connectivity index (χ0n) is 7.65. The minimum atomic E-state index is 0.509. The van der Waals surface area contributed by atoms with Crippen LogP contribution in [0, 0.1) is 0 Å². The first-order chi connectivity index (χ1) is 4.60. The van der Waals surface area contributed by atoms with Gasteiger partial charge in [0.15, 0.2) is 0 Å². The molecular weight excluding hydrogens is 141 g/mol. The summed E-state index contributed by atoms with van der Waals surface area (Å²) < 4.78 is 0. The fourth-order valence-corrected chi connectivity index (χ4v) is 1.66. The Kier molecular flexibility index (Phi) is 4.47. The number of likely N-dealkylation sites (tertiary alicyclic amines) is 1. The molecule has 0 aromatic heterocycles. The van der Waals surface area contributed by atoms with Crippen molar-refractivity contribution in [3.05, 3.63) is 0 Å². The predicted octanol–water partition coefficient (Wildman–Crippen LogP) is 1.98. The third-order valence-electron chi connectivity index (χ3n) is 1.70. The van der Waals surface area contributed by atoms with Crippen molar-refractivity contribution in [1.82, 2.24) is 4.90 Å². The maximum Gasteiger partial charge on any atom is 0.00673 e. The van der Waals surface area contributed by atoms with Gasteiger partial charge in [-0.3, -0.25) is 0 Å². The van der Waals surface area contributed by atoms with Crippen LogP contribution in [0.3, 0.4) is 0 Å². The largest absolute Gasteiger partial charge is 0.305 e. The normalized spacial score (nSPS) is 33.3. The van der Waals surface area contributed by atoms with Crippen molar-refractivity contribution >= 4 is 9.24 Å². The van der Waals surface area contributed by atoms with Crippen molar-refractivity contribution in [2.24, 2.45) is 0 Å². The van der Waals surface area contributed by atoms with E-state index < -0.39 is 0 Å². The van der Waals surface area contributed by atoms with E-state index >= 15 is 0 Å². The molecule has 62 valence electrons. The van der Waals surface area contributed by atoms with Crippen LogP contribution in [0.2, 0.25) is 0 Å². The third-order valence-corrected chi connectivity index (χ3v) is 2.17. The van der Waals surface area contributed by atoms with Gasteiger partial charge in [-0.25, -0.2) is 0 Å². The summed E-state index contributed by atoms with van der Waals surface area (Å²) in [6, 6.07) is 0. The highest BCUT2D eigenvalue weighted by molar-refractivity contribution is 7.19. The Hall–Kier alpha value is 0.390. The van der Waals surface area contributed by atoms with Gasteiger partial charge in [-0.1, -0.05) is 20.8 Å². The molecule has 1 aliphatic heterocycles. The highest BCUT2D eigenvalue weighted by Gasteiger charge is 2.26. The van der Waals surface area contributed by atoms with Gasteiger partial charge in [0.1, 0.15) is 0 Å². The molecule has 2 unspecified atom stereocenters. The van der Waals surface area contributed by atoms with Gasteiger partial charge in [-0.15, -0.1) is 9.24 Å². The van der Waals surface area contributed by atoms with E-state index in [0.29, 0.717) is 5.16 Å². The smallest absolute Gasteiger partial charge is 0.00673 e.